The Morgan fingerprint density at radius 1 is 0.967 bits per heavy atom. The van der Waals surface area contributed by atoms with Crippen LogP contribution in [0.2, 0.25) is 0 Å². The highest BCUT2D eigenvalue weighted by atomic mass is 16.5. The van der Waals surface area contributed by atoms with Crippen LogP contribution in [0, 0.1) is 6.92 Å². The van der Waals surface area contributed by atoms with Crippen LogP contribution in [0.25, 0.3) is 0 Å². The Morgan fingerprint density at radius 2 is 1.60 bits per heavy atom. The quantitative estimate of drug-likeness (QED) is 0.702. The number of rotatable bonds is 6. The smallest absolute Gasteiger partial charge is 0.414 e. The van der Waals surface area contributed by atoms with E-state index in [4.69, 9.17) is 24.5 Å². The maximum atomic E-state index is 9.10. The average Bonchev–Trinajstić information content (AvgIpc) is 2.72. The van der Waals surface area contributed by atoms with E-state index in [1.807, 2.05) is 0 Å². The van der Waals surface area contributed by atoms with Crippen molar-refractivity contribution >= 4 is 11.9 Å². The SMILES string of the molecule is Cc1ccc(OCCN2CCN(C)CC2)c(Cc2ccccc2)c1.O=C(O)C(=O)O. The third-order valence-corrected chi connectivity index (χ3v) is 4.90. The lowest BCUT2D eigenvalue weighted by molar-refractivity contribution is -0.159. The highest BCUT2D eigenvalue weighted by Crippen LogP contribution is 2.23. The van der Waals surface area contributed by atoms with Gasteiger partial charge in [-0.1, -0.05) is 48.0 Å². The van der Waals surface area contributed by atoms with E-state index in [9.17, 15) is 0 Å². The fourth-order valence-electron chi connectivity index (χ4n) is 3.16. The standard InChI is InChI=1S/C21H28N2O.C2H2O4/c1-18-8-9-21(20(16-18)17-19-6-4-3-5-7-19)24-15-14-23-12-10-22(2)11-13-23;3-1(4)2(5)6/h3-9,16H,10-15,17H2,1-2H3;(H,3,4)(H,5,6). The number of hydrogen-bond donors (Lipinski definition) is 2. The summed E-state index contributed by atoms with van der Waals surface area (Å²) >= 11 is 0. The summed E-state index contributed by atoms with van der Waals surface area (Å²) in [6, 6.07) is 17.1. The van der Waals surface area contributed by atoms with Crippen molar-refractivity contribution in [2.45, 2.75) is 13.3 Å². The van der Waals surface area contributed by atoms with Gasteiger partial charge in [-0.3, -0.25) is 4.90 Å². The van der Waals surface area contributed by atoms with E-state index in [2.05, 4.69) is 72.3 Å². The lowest BCUT2D eigenvalue weighted by Gasteiger charge is -2.32. The molecule has 1 aliphatic rings. The van der Waals surface area contributed by atoms with Crippen molar-refractivity contribution in [3.63, 3.8) is 0 Å². The van der Waals surface area contributed by atoms with Crippen molar-refractivity contribution in [1.82, 2.24) is 9.80 Å². The molecule has 2 aromatic rings. The number of hydrogen-bond acceptors (Lipinski definition) is 5. The van der Waals surface area contributed by atoms with E-state index in [0.717, 1.165) is 51.5 Å². The lowest BCUT2D eigenvalue weighted by atomic mass is 10.0. The first-order valence-corrected chi connectivity index (χ1v) is 9.98. The van der Waals surface area contributed by atoms with Gasteiger partial charge in [-0.2, -0.15) is 0 Å². The van der Waals surface area contributed by atoms with Gasteiger partial charge in [0.1, 0.15) is 12.4 Å². The molecule has 7 nitrogen and oxygen atoms in total. The van der Waals surface area contributed by atoms with Crippen LogP contribution in [-0.2, 0) is 16.0 Å². The Kier molecular flexibility index (Phi) is 9.31. The number of aryl methyl sites for hydroxylation is 1. The zero-order valence-electron chi connectivity index (χ0n) is 17.6. The molecule has 1 fully saturated rings. The molecular formula is C23H30N2O5. The summed E-state index contributed by atoms with van der Waals surface area (Å²) in [4.78, 5) is 23.1. The summed E-state index contributed by atoms with van der Waals surface area (Å²) in [6.07, 6.45) is 0.923. The molecule has 30 heavy (non-hydrogen) atoms. The number of carboxylic acid groups (broad SMARTS) is 2. The Morgan fingerprint density at radius 3 is 2.20 bits per heavy atom. The number of benzene rings is 2. The van der Waals surface area contributed by atoms with Gasteiger partial charge in [-0.05, 0) is 31.2 Å². The Hall–Kier alpha value is -2.90. The molecule has 0 saturated carbocycles. The number of ether oxygens (including phenoxy) is 1. The normalized spacial score (nSPS) is 14.5. The summed E-state index contributed by atoms with van der Waals surface area (Å²) in [5, 5.41) is 14.8. The third kappa shape index (κ3) is 8.23. The van der Waals surface area contributed by atoms with Gasteiger partial charge in [0.25, 0.3) is 0 Å². The number of carbonyl (C=O) groups is 2. The molecular weight excluding hydrogens is 384 g/mol. The molecule has 0 spiro atoms. The largest absolute Gasteiger partial charge is 0.492 e. The summed E-state index contributed by atoms with van der Waals surface area (Å²) in [7, 11) is 2.19. The minimum Gasteiger partial charge on any atom is -0.492 e. The van der Waals surface area contributed by atoms with Gasteiger partial charge >= 0.3 is 11.9 Å². The zero-order chi connectivity index (χ0) is 21.9. The molecule has 1 aliphatic heterocycles. The van der Waals surface area contributed by atoms with Crippen LogP contribution in [0.5, 0.6) is 5.75 Å². The fraction of sp³-hybridized carbons (Fsp3) is 0.391. The van der Waals surface area contributed by atoms with Gasteiger partial charge in [0, 0.05) is 39.1 Å². The predicted molar refractivity (Wildman–Crippen MR) is 115 cm³/mol. The van der Waals surface area contributed by atoms with Crippen LogP contribution >= 0.6 is 0 Å². The second-order valence-corrected chi connectivity index (χ2v) is 7.38. The van der Waals surface area contributed by atoms with E-state index in [-0.39, 0.29) is 0 Å². The van der Waals surface area contributed by atoms with E-state index in [0.29, 0.717) is 0 Å². The molecule has 0 unspecified atom stereocenters. The molecule has 0 atom stereocenters. The van der Waals surface area contributed by atoms with Crippen molar-refractivity contribution in [1.29, 1.82) is 0 Å². The average molecular weight is 415 g/mol. The topological polar surface area (TPSA) is 90.3 Å². The molecule has 1 saturated heterocycles. The number of aliphatic carboxylic acids is 2. The molecule has 0 amide bonds. The summed E-state index contributed by atoms with van der Waals surface area (Å²) in [5.74, 6) is -2.62. The minimum atomic E-state index is -1.82. The molecule has 0 bridgehead atoms. The van der Waals surface area contributed by atoms with Crippen molar-refractivity contribution < 1.29 is 24.5 Å². The van der Waals surface area contributed by atoms with E-state index in [1.54, 1.807) is 0 Å². The molecule has 3 rings (SSSR count). The Bertz CT molecular complexity index is 806. The summed E-state index contributed by atoms with van der Waals surface area (Å²) in [6.45, 7) is 8.51. The Labute approximate surface area is 177 Å². The molecule has 162 valence electrons. The summed E-state index contributed by atoms with van der Waals surface area (Å²) < 4.78 is 6.14. The zero-order valence-corrected chi connectivity index (χ0v) is 17.6. The monoisotopic (exact) mass is 414 g/mol. The van der Waals surface area contributed by atoms with Crippen LogP contribution in [0.3, 0.4) is 0 Å². The molecule has 0 aliphatic carbocycles. The van der Waals surface area contributed by atoms with Gasteiger partial charge in [0.15, 0.2) is 0 Å². The van der Waals surface area contributed by atoms with Crippen molar-refractivity contribution in [3.05, 3.63) is 65.2 Å². The third-order valence-electron chi connectivity index (χ3n) is 4.90. The van der Waals surface area contributed by atoms with E-state index < -0.39 is 11.9 Å². The van der Waals surface area contributed by atoms with Gasteiger partial charge in [0.2, 0.25) is 0 Å². The van der Waals surface area contributed by atoms with Crippen LogP contribution in [-0.4, -0.2) is 78.3 Å². The van der Waals surface area contributed by atoms with Gasteiger partial charge < -0.3 is 19.8 Å². The lowest BCUT2D eigenvalue weighted by Crippen LogP contribution is -2.45. The first kappa shape index (κ1) is 23.4. The van der Waals surface area contributed by atoms with E-state index >= 15 is 0 Å². The highest BCUT2D eigenvalue weighted by Gasteiger charge is 2.13. The van der Waals surface area contributed by atoms with Crippen LogP contribution in [0.15, 0.2) is 48.5 Å². The molecule has 7 heteroatoms. The molecule has 2 aromatic carbocycles. The first-order valence-electron chi connectivity index (χ1n) is 9.98. The van der Waals surface area contributed by atoms with Crippen molar-refractivity contribution in [3.8, 4) is 5.75 Å². The first-order chi connectivity index (χ1) is 14.3. The molecule has 1 heterocycles. The van der Waals surface area contributed by atoms with E-state index in [1.165, 1.54) is 16.7 Å². The molecule has 0 radical (unpaired) electrons. The molecule has 2 N–H and O–H groups in total. The van der Waals surface area contributed by atoms with Gasteiger partial charge in [-0.25, -0.2) is 9.59 Å². The minimum absolute atomic E-state index is 0.758. The number of carboxylic acids is 2. The van der Waals surface area contributed by atoms with Gasteiger partial charge in [0.05, 0.1) is 0 Å². The second-order valence-electron chi connectivity index (χ2n) is 7.38. The maximum Gasteiger partial charge on any atom is 0.414 e. The van der Waals surface area contributed by atoms with Crippen molar-refractivity contribution in [2.24, 2.45) is 0 Å². The summed E-state index contributed by atoms with van der Waals surface area (Å²) in [5.41, 5.74) is 3.89. The Balaban J connectivity index is 0.000000469. The highest BCUT2D eigenvalue weighted by molar-refractivity contribution is 6.27. The number of nitrogens with zero attached hydrogens (tertiary/aromatic N) is 2. The number of piperazine rings is 1. The predicted octanol–water partition coefficient (Wildman–Crippen LogP) is 2.37. The number of likely N-dealkylation sites (N-methyl/N-ethyl adjacent to an activating group) is 1. The maximum absolute atomic E-state index is 9.10. The molecule has 0 aromatic heterocycles. The van der Waals surface area contributed by atoms with Crippen molar-refractivity contribution in [2.75, 3.05) is 46.4 Å². The van der Waals surface area contributed by atoms with Gasteiger partial charge in [-0.15, -0.1) is 0 Å². The fourth-order valence-corrected chi connectivity index (χ4v) is 3.16. The second kappa shape index (κ2) is 11.9. The van der Waals surface area contributed by atoms with Crippen LogP contribution < -0.4 is 4.74 Å². The van der Waals surface area contributed by atoms with Crippen LogP contribution in [0.1, 0.15) is 16.7 Å². The van der Waals surface area contributed by atoms with Crippen LogP contribution in [0.4, 0.5) is 0 Å².